The van der Waals surface area contributed by atoms with E-state index in [0.29, 0.717) is 30.6 Å². The Balaban J connectivity index is 0.000000560. The largest absolute Gasteiger partial charge is 0.387 e. The van der Waals surface area contributed by atoms with E-state index in [2.05, 4.69) is 0 Å². The van der Waals surface area contributed by atoms with E-state index in [1.807, 2.05) is 71.9 Å². The van der Waals surface area contributed by atoms with Gasteiger partial charge in [-0.2, -0.15) is 0 Å². The minimum atomic E-state index is -1.22. The molecule has 1 aliphatic heterocycles. The maximum atomic E-state index is 13.4. The predicted molar refractivity (Wildman–Crippen MR) is 164 cm³/mol. The minimum Gasteiger partial charge on any atom is -0.387 e. The highest BCUT2D eigenvalue weighted by atomic mass is 16.3. The van der Waals surface area contributed by atoms with Gasteiger partial charge in [0.2, 0.25) is 5.91 Å². The van der Waals surface area contributed by atoms with Gasteiger partial charge in [0, 0.05) is 55.3 Å². The van der Waals surface area contributed by atoms with Crippen molar-refractivity contribution in [2.24, 2.45) is 23.2 Å². The van der Waals surface area contributed by atoms with E-state index in [1.54, 1.807) is 42.3 Å². The number of nitrogens with zero attached hydrogens (tertiary/aromatic N) is 3. The number of piperidine rings is 1. The molecule has 1 aromatic carbocycles. The van der Waals surface area contributed by atoms with Crippen molar-refractivity contribution in [3.05, 3.63) is 58.5 Å². The third-order valence-corrected chi connectivity index (χ3v) is 9.63. The third kappa shape index (κ3) is 6.77. The fraction of sp³-hybridized carbons (Fsp3) is 0.618. The van der Waals surface area contributed by atoms with Crippen LogP contribution in [-0.4, -0.2) is 63.1 Å². The summed E-state index contributed by atoms with van der Waals surface area (Å²) in [6.45, 7) is 12.3. The van der Waals surface area contributed by atoms with Crippen LogP contribution >= 0.6 is 0 Å². The molecule has 3 aliphatic rings. The number of rotatable bonds is 6. The molecule has 0 spiro atoms. The highest BCUT2D eigenvalue weighted by Gasteiger charge is 2.49. The summed E-state index contributed by atoms with van der Waals surface area (Å²) in [5.41, 5.74) is -0.363. The molecule has 3 fully saturated rings. The molecule has 2 amide bonds. The molecule has 0 radical (unpaired) electrons. The Morgan fingerprint density at radius 2 is 1.71 bits per heavy atom. The van der Waals surface area contributed by atoms with Crippen LogP contribution in [0.5, 0.6) is 0 Å². The van der Waals surface area contributed by atoms with Gasteiger partial charge in [-0.3, -0.25) is 14.4 Å². The summed E-state index contributed by atoms with van der Waals surface area (Å²) in [5.74, 6) is 2.19. The monoisotopic (exact) mass is 563 g/mol. The molecule has 7 nitrogen and oxygen atoms in total. The molecule has 41 heavy (non-hydrogen) atoms. The molecule has 1 saturated heterocycles. The van der Waals surface area contributed by atoms with Gasteiger partial charge in [-0.15, -0.1) is 0 Å². The van der Waals surface area contributed by atoms with E-state index in [0.717, 1.165) is 5.56 Å². The van der Waals surface area contributed by atoms with Gasteiger partial charge in [-0.25, -0.2) is 0 Å². The highest BCUT2D eigenvalue weighted by Crippen LogP contribution is 2.51. The summed E-state index contributed by atoms with van der Waals surface area (Å²) in [5, 5.41) is 11.7. The van der Waals surface area contributed by atoms with Crippen molar-refractivity contribution >= 4 is 11.8 Å². The van der Waals surface area contributed by atoms with E-state index in [-0.39, 0.29) is 35.9 Å². The quantitative estimate of drug-likeness (QED) is 0.507. The van der Waals surface area contributed by atoms with Crippen molar-refractivity contribution in [3.63, 3.8) is 0 Å². The second kappa shape index (κ2) is 12.1. The molecule has 1 aromatic heterocycles. The lowest BCUT2D eigenvalue weighted by atomic mass is 9.69. The molecular weight excluding hydrogens is 514 g/mol. The van der Waals surface area contributed by atoms with Gasteiger partial charge in [-0.1, -0.05) is 77.3 Å². The number of hydrogen-bond acceptors (Lipinski definition) is 4. The van der Waals surface area contributed by atoms with Crippen molar-refractivity contribution in [1.29, 1.82) is 0 Å². The van der Waals surface area contributed by atoms with E-state index >= 15 is 0 Å². The average molecular weight is 564 g/mol. The normalized spacial score (nSPS) is 24.5. The molecule has 224 valence electrons. The standard InChI is InChI=1S/C28H39N3O4.C6H10/c1-19(2)25(33)30-14-13-28(35,27(5,6)17-30)18-31-16-23(26(34)29(7)20(3)4)22(15-24(31)32)21-11-9-8-10-12-21;1-2-5-4-6(5)3-1/h8-12,15-16,19-20,35H,13-14,17-18H2,1-7H3;5-6H,1-4H2. The number of aromatic nitrogens is 1. The SMILES string of the molecule is C1CC2CC2C1.CC(C)C(=O)N1CCC(O)(Cn2cc(C(=O)N(C)C(C)C)c(-c3ccccc3)cc2=O)C(C)(C)C1. The summed E-state index contributed by atoms with van der Waals surface area (Å²) in [6.07, 6.45) is 8.18. The van der Waals surface area contributed by atoms with Gasteiger partial charge in [0.15, 0.2) is 0 Å². The molecule has 0 bridgehead atoms. The summed E-state index contributed by atoms with van der Waals surface area (Å²) in [7, 11) is 1.75. The van der Waals surface area contributed by atoms with Gasteiger partial charge in [0.05, 0.1) is 17.7 Å². The van der Waals surface area contributed by atoms with Crippen LogP contribution in [0.15, 0.2) is 47.4 Å². The molecule has 2 aliphatic carbocycles. The number of likely N-dealkylation sites (tertiary alicyclic amines) is 1. The lowest BCUT2D eigenvalue weighted by Crippen LogP contribution is -2.61. The van der Waals surface area contributed by atoms with Crippen molar-refractivity contribution in [2.75, 3.05) is 20.1 Å². The van der Waals surface area contributed by atoms with Crippen LogP contribution in [0.25, 0.3) is 11.1 Å². The van der Waals surface area contributed by atoms with Crippen molar-refractivity contribution in [3.8, 4) is 11.1 Å². The Morgan fingerprint density at radius 1 is 1.07 bits per heavy atom. The number of amides is 2. The predicted octanol–water partition coefficient (Wildman–Crippen LogP) is 5.45. The summed E-state index contributed by atoms with van der Waals surface area (Å²) >= 11 is 0. The first-order valence-electron chi connectivity index (χ1n) is 15.3. The fourth-order valence-corrected chi connectivity index (χ4v) is 6.30. The second-order valence-corrected chi connectivity index (χ2v) is 13.7. The van der Waals surface area contributed by atoms with Crippen LogP contribution in [-0.2, 0) is 11.3 Å². The summed E-state index contributed by atoms with van der Waals surface area (Å²) in [6, 6.07) is 10.9. The van der Waals surface area contributed by atoms with Crippen molar-refractivity contribution in [2.45, 2.75) is 91.8 Å². The molecule has 1 N–H and O–H groups in total. The second-order valence-electron chi connectivity index (χ2n) is 13.7. The topological polar surface area (TPSA) is 82.8 Å². The smallest absolute Gasteiger partial charge is 0.255 e. The molecule has 7 heteroatoms. The number of pyridine rings is 1. The van der Waals surface area contributed by atoms with E-state index in [9.17, 15) is 19.5 Å². The highest BCUT2D eigenvalue weighted by molar-refractivity contribution is 6.00. The lowest BCUT2D eigenvalue weighted by molar-refractivity contribution is -0.156. The fourth-order valence-electron chi connectivity index (χ4n) is 6.30. The molecule has 3 unspecified atom stereocenters. The van der Waals surface area contributed by atoms with Crippen LogP contribution in [0.2, 0.25) is 0 Å². The molecule has 3 atom stereocenters. The van der Waals surface area contributed by atoms with Gasteiger partial charge >= 0.3 is 0 Å². The van der Waals surface area contributed by atoms with Crippen LogP contribution < -0.4 is 5.56 Å². The zero-order valence-corrected chi connectivity index (χ0v) is 26.0. The lowest BCUT2D eigenvalue weighted by Gasteiger charge is -2.50. The van der Waals surface area contributed by atoms with Crippen molar-refractivity contribution < 1.29 is 14.7 Å². The van der Waals surface area contributed by atoms with E-state index in [1.165, 1.54) is 28.9 Å². The number of fused-ring (bicyclic) bond motifs is 1. The van der Waals surface area contributed by atoms with Gasteiger partial charge in [0.1, 0.15) is 0 Å². The first-order chi connectivity index (χ1) is 19.2. The van der Waals surface area contributed by atoms with Gasteiger partial charge in [0.25, 0.3) is 11.5 Å². The number of carbonyl (C=O) groups excluding carboxylic acids is 2. The Hall–Kier alpha value is -2.93. The Kier molecular flexibility index (Phi) is 9.17. The van der Waals surface area contributed by atoms with Crippen LogP contribution in [0, 0.1) is 23.2 Å². The molecule has 2 heterocycles. The maximum Gasteiger partial charge on any atom is 0.255 e. The Morgan fingerprint density at radius 3 is 2.20 bits per heavy atom. The zero-order chi connectivity index (χ0) is 30.1. The van der Waals surface area contributed by atoms with E-state index < -0.39 is 11.0 Å². The minimum absolute atomic E-state index is 0.0163. The Labute approximate surface area is 245 Å². The molecule has 2 saturated carbocycles. The molecule has 2 aromatic rings. The number of carbonyl (C=O) groups is 2. The number of aliphatic hydroxyl groups is 1. The van der Waals surface area contributed by atoms with Gasteiger partial charge < -0.3 is 19.5 Å². The van der Waals surface area contributed by atoms with Crippen LogP contribution in [0.3, 0.4) is 0 Å². The summed E-state index contributed by atoms with van der Waals surface area (Å²) in [4.78, 5) is 42.7. The Bertz CT molecular complexity index is 1290. The molecular formula is C34H49N3O4. The molecule has 5 rings (SSSR count). The zero-order valence-electron chi connectivity index (χ0n) is 26.0. The van der Waals surface area contributed by atoms with E-state index in [4.69, 9.17) is 0 Å². The third-order valence-electron chi connectivity index (χ3n) is 9.63. The number of benzene rings is 1. The van der Waals surface area contributed by atoms with Crippen LogP contribution in [0.1, 0.15) is 84.0 Å². The van der Waals surface area contributed by atoms with Gasteiger partial charge in [-0.05, 0) is 44.1 Å². The maximum absolute atomic E-state index is 13.4. The van der Waals surface area contributed by atoms with Crippen molar-refractivity contribution in [1.82, 2.24) is 14.4 Å². The van der Waals surface area contributed by atoms with Crippen LogP contribution in [0.4, 0.5) is 0 Å². The average Bonchev–Trinajstić information content (AvgIpc) is 3.54. The summed E-state index contributed by atoms with van der Waals surface area (Å²) < 4.78 is 1.45. The number of hydrogen-bond donors (Lipinski definition) is 1. The first-order valence-corrected chi connectivity index (χ1v) is 15.3. The first kappa shape index (κ1) is 31.0.